The minimum Gasteiger partial charge on any atom is -0.338 e. The minimum atomic E-state index is -0.507. The lowest BCUT2D eigenvalue weighted by molar-refractivity contribution is 0.628. The molecule has 0 aliphatic carbocycles. The second-order valence-electron chi connectivity index (χ2n) is 4.65. The molecule has 0 amide bonds. The third-order valence-corrected chi connectivity index (χ3v) is 4.06. The summed E-state index contributed by atoms with van der Waals surface area (Å²) in [6.45, 7) is 0. The maximum absolute atomic E-state index is 13.2. The maximum atomic E-state index is 13.2. The van der Waals surface area contributed by atoms with Crippen molar-refractivity contribution in [3.63, 3.8) is 0 Å². The second kappa shape index (κ2) is 7.17. The first-order chi connectivity index (χ1) is 11.5. The predicted octanol–water partition coefficient (Wildman–Crippen LogP) is 5.46. The number of rotatable bonds is 4. The molecular formula is C15H9Cl3FN5. The third-order valence-electron chi connectivity index (χ3n) is 2.95. The van der Waals surface area contributed by atoms with Gasteiger partial charge in [-0.05, 0) is 30.3 Å². The van der Waals surface area contributed by atoms with Crippen LogP contribution in [0.2, 0.25) is 15.1 Å². The first kappa shape index (κ1) is 16.7. The number of nitrogens with zero attached hydrogens (tertiary/aromatic N) is 3. The van der Waals surface area contributed by atoms with Crippen LogP contribution in [0.15, 0.2) is 42.6 Å². The van der Waals surface area contributed by atoms with Crippen LogP contribution in [0.25, 0.3) is 0 Å². The molecular weight excluding hydrogens is 376 g/mol. The Kier molecular flexibility index (Phi) is 4.99. The molecule has 3 rings (SSSR count). The zero-order valence-corrected chi connectivity index (χ0v) is 14.2. The average molecular weight is 385 g/mol. The van der Waals surface area contributed by atoms with Gasteiger partial charge in [0.15, 0.2) is 5.82 Å². The van der Waals surface area contributed by atoms with E-state index >= 15 is 0 Å². The fraction of sp³-hybridized carbons (Fsp3) is 0. The van der Waals surface area contributed by atoms with E-state index in [1.165, 1.54) is 24.4 Å². The molecule has 0 unspecified atom stereocenters. The van der Waals surface area contributed by atoms with Crippen molar-refractivity contribution in [2.45, 2.75) is 0 Å². The third kappa shape index (κ3) is 3.84. The number of hydrogen-bond acceptors (Lipinski definition) is 5. The van der Waals surface area contributed by atoms with Gasteiger partial charge >= 0.3 is 0 Å². The van der Waals surface area contributed by atoms with Gasteiger partial charge in [0.2, 0.25) is 5.95 Å². The SMILES string of the molecule is Fc1ccc(Nc2nncc(Nc3cccc(Cl)c3Cl)n2)cc1Cl. The van der Waals surface area contributed by atoms with Crippen molar-refractivity contribution in [3.8, 4) is 0 Å². The summed E-state index contributed by atoms with van der Waals surface area (Å²) in [5.74, 6) is 0.109. The fourth-order valence-corrected chi connectivity index (χ4v) is 2.39. The molecule has 1 heterocycles. The highest BCUT2D eigenvalue weighted by Crippen LogP contribution is 2.31. The molecule has 0 spiro atoms. The van der Waals surface area contributed by atoms with Crippen molar-refractivity contribution < 1.29 is 4.39 Å². The molecule has 9 heteroatoms. The number of anilines is 4. The van der Waals surface area contributed by atoms with Crippen LogP contribution in [0, 0.1) is 5.82 Å². The Morgan fingerprint density at radius 2 is 1.79 bits per heavy atom. The van der Waals surface area contributed by atoms with E-state index in [9.17, 15) is 4.39 Å². The zero-order chi connectivity index (χ0) is 17.1. The van der Waals surface area contributed by atoms with E-state index in [2.05, 4.69) is 25.8 Å². The Labute approximate surface area is 151 Å². The lowest BCUT2D eigenvalue weighted by Crippen LogP contribution is -2.02. The topological polar surface area (TPSA) is 62.7 Å². The van der Waals surface area contributed by atoms with E-state index in [-0.39, 0.29) is 11.0 Å². The van der Waals surface area contributed by atoms with Crippen molar-refractivity contribution in [2.75, 3.05) is 10.6 Å². The summed E-state index contributed by atoms with van der Waals surface area (Å²) in [5, 5.41) is 14.4. The highest BCUT2D eigenvalue weighted by atomic mass is 35.5. The van der Waals surface area contributed by atoms with Gasteiger partial charge in [0.05, 0.1) is 27.0 Å². The molecule has 24 heavy (non-hydrogen) atoms. The highest BCUT2D eigenvalue weighted by molar-refractivity contribution is 6.43. The van der Waals surface area contributed by atoms with E-state index < -0.39 is 5.82 Å². The van der Waals surface area contributed by atoms with Gasteiger partial charge < -0.3 is 10.6 Å². The van der Waals surface area contributed by atoms with Gasteiger partial charge in [-0.3, -0.25) is 0 Å². The summed E-state index contributed by atoms with van der Waals surface area (Å²) in [6, 6.07) is 9.37. The summed E-state index contributed by atoms with van der Waals surface area (Å²) in [7, 11) is 0. The Hall–Kier alpha value is -2.15. The Bertz CT molecular complexity index is 891. The van der Waals surface area contributed by atoms with Crippen LogP contribution in [0.3, 0.4) is 0 Å². The van der Waals surface area contributed by atoms with E-state index in [0.717, 1.165) is 0 Å². The monoisotopic (exact) mass is 383 g/mol. The van der Waals surface area contributed by atoms with Gasteiger partial charge in [-0.25, -0.2) is 4.39 Å². The minimum absolute atomic E-state index is 0.00653. The highest BCUT2D eigenvalue weighted by Gasteiger charge is 2.08. The van der Waals surface area contributed by atoms with Gasteiger partial charge in [0, 0.05) is 5.69 Å². The number of nitrogens with one attached hydrogen (secondary N) is 2. The van der Waals surface area contributed by atoms with E-state index in [1.807, 2.05) is 0 Å². The van der Waals surface area contributed by atoms with Gasteiger partial charge in [0.25, 0.3) is 0 Å². The lowest BCUT2D eigenvalue weighted by atomic mass is 10.3. The molecule has 0 bridgehead atoms. The molecule has 0 fully saturated rings. The van der Waals surface area contributed by atoms with E-state index in [4.69, 9.17) is 34.8 Å². The van der Waals surface area contributed by atoms with E-state index in [0.29, 0.717) is 27.2 Å². The van der Waals surface area contributed by atoms with Crippen molar-refractivity contribution >= 4 is 57.9 Å². The average Bonchev–Trinajstić information content (AvgIpc) is 2.56. The molecule has 0 atom stereocenters. The number of halogens is 4. The Morgan fingerprint density at radius 3 is 2.58 bits per heavy atom. The molecule has 0 aliphatic heterocycles. The quantitative estimate of drug-likeness (QED) is 0.625. The normalized spacial score (nSPS) is 10.5. The molecule has 0 aliphatic rings. The maximum Gasteiger partial charge on any atom is 0.249 e. The standard InChI is InChI=1S/C15H9Cl3FN5/c16-9-2-1-3-12(14(9)18)22-13-7-20-24-15(23-13)21-8-4-5-11(19)10(17)6-8/h1-7H,(H2,21,22,23,24). The number of hydrogen-bond donors (Lipinski definition) is 2. The zero-order valence-electron chi connectivity index (χ0n) is 11.9. The van der Waals surface area contributed by atoms with Gasteiger partial charge in [-0.1, -0.05) is 40.9 Å². The van der Waals surface area contributed by atoms with Crippen molar-refractivity contribution in [3.05, 3.63) is 63.5 Å². The molecule has 2 aromatic carbocycles. The van der Waals surface area contributed by atoms with Gasteiger partial charge in [0.1, 0.15) is 5.82 Å². The first-order valence-electron chi connectivity index (χ1n) is 6.66. The van der Waals surface area contributed by atoms with Crippen LogP contribution in [0.4, 0.5) is 27.5 Å². The molecule has 0 saturated heterocycles. The molecule has 122 valence electrons. The largest absolute Gasteiger partial charge is 0.338 e. The molecule has 0 radical (unpaired) electrons. The van der Waals surface area contributed by atoms with Gasteiger partial charge in [-0.2, -0.15) is 10.1 Å². The summed E-state index contributed by atoms with van der Waals surface area (Å²) in [5.41, 5.74) is 1.11. The molecule has 0 saturated carbocycles. The summed E-state index contributed by atoms with van der Waals surface area (Å²) >= 11 is 17.8. The van der Waals surface area contributed by atoms with Crippen molar-refractivity contribution in [1.82, 2.24) is 15.2 Å². The summed E-state index contributed by atoms with van der Waals surface area (Å²) in [4.78, 5) is 4.25. The summed E-state index contributed by atoms with van der Waals surface area (Å²) in [6.07, 6.45) is 1.43. The number of aromatic nitrogens is 3. The van der Waals surface area contributed by atoms with Crippen LogP contribution in [0.5, 0.6) is 0 Å². The van der Waals surface area contributed by atoms with Crippen LogP contribution in [0.1, 0.15) is 0 Å². The predicted molar refractivity (Wildman–Crippen MR) is 94.3 cm³/mol. The van der Waals surface area contributed by atoms with Crippen molar-refractivity contribution in [1.29, 1.82) is 0 Å². The molecule has 3 aromatic rings. The molecule has 2 N–H and O–H groups in total. The Morgan fingerprint density at radius 1 is 0.958 bits per heavy atom. The van der Waals surface area contributed by atoms with Crippen molar-refractivity contribution in [2.24, 2.45) is 0 Å². The van der Waals surface area contributed by atoms with Crippen LogP contribution < -0.4 is 10.6 Å². The molecule has 5 nitrogen and oxygen atoms in total. The smallest absolute Gasteiger partial charge is 0.249 e. The van der Waals surface area contributed by atoms with Crippen LogP contribution >= 0.6 is 34.8 Å². The second-order valence-corrected chi connectivity index (χ2v) is 5.84. The molecule has 1 aromatic heterocycles. The summed E-state index contributed by atoms with van der Waals surface area (Å²) < 4.78 is 13.2. The first-order valence-corrected chi connectivity index (χ1v) is 7.79. The van der Waals surface area contributed by atoms with Crippen LogP contribution in [-0.2, 0) is 0 Å². The Balaban J connectivity index is 1.81. The number of benzene rings is 2. The fourth-order valence-electron chi connectivity index (χ4n) is 1.86. The van der Waals surface area contributed by atoms with E-state index in [1.54, 1.807) is 18.2 Å². The van der Waals surface area contributed by atoms with Crippen LogP contribution in [-0.4, -0.2) is 15.2 Å². The van der Waals surface area contributed by atoms with Gasteiger partial charge in [-0.15, -0.1) is 5.10 Å². The lowest BCUT2D eigenvalue weighted by Gasteiger charge is -2.09.